The number of aromatic nitrogens is 1. The van der Waals surface area contributed by atoms with Gasteiger partial charge in [0.25, 0.3) is 5.91 Å². The molecule has 3 aromatic rings. The fourth-order valence-corrected chi connectivity index (χ4v) is 2.41. The Balaban J connectivity index is 2.03. The number of carbonyl (C=O) groups is 1. The zero-order valence-corrected chi connectivity index (χ0v) is 12.5. The molecular formula is C18H16N2O2. The maximum Gasteiger partial charge on any atom is 0.256 e. The van der Waals surface area contributed by atoms with Crippen LogP contribution in [0.25, 0.3) is 10.9 Å². The number of nitrogens with one attached hydrogen (secondary N) is 1. The predicted octanol–water partition coefficient (Wildman–Crippen LogP) is 3.80. The number of nitrogens with zero attached hydrogens (tertiary/aromatic N) is 1. The molecule has 0 atom stereocenters. The lowest BCUT2D eigenvalue weighted by Gasteiger charge is -2.11. The van der Waals surface area contributed by atoms with E-state index in [2.05, 4.69) is 10.3 Å². The molecule has 3 rings (SSSR count). The van der Waals surface area contributed by atoms with Gasteiger partial charge in [-0.3, -0.25) is 9.78 Å². The van der Waals surface area contributed by atoms with Crippen molar-refractivity contribution in [1.82, 2.24) is 4.98 Å². The van der Waals surface area contributed by atoms with Gasteiger partial charge in [-0.2, -0.15) is 0 Å². The summed E-state index contributed by atoms with van der Waals surface area (Å²) >= 11 is 0. The van der Waals surface area contributed by atoms with Crippen molar-refractivity contribution >= 4 is 22.5 Å². The van der Waals surface area contributed by atoms with Crippen LogP contribution in [0.5, 0.6) is 5.75 Å². The van der Waals surface area contributed by atoms with Crippen LogP contribution >= 0.6 is 0 Å². The first-order chi connectivity index (χ1) is 10.7. The Hall–Kier alpha value is -2.88. The zero-order valence-electron chi connectivity index (χ0n) is 12.5. The lowest BCUT2D eigenvalue weighted by Crippen LogP contribution is -2.13. The maximum absolute atomic E-state index is 12.6. The standard InChI is InChI=1S/C18H16N2O2/c1-12-6-3-4-8-15(12)20-18(21)14-9-10-16(22-2)17-13(14)7-5-11-19-17/h3-11H,1-2H3,(H,20,21). The Bertz CT molecular complexity index is 843. The second kappa shape index (κ2) is 5.85. The minimum atomic E-state index is -0.157. The molecule has 0 saturated carbocycles. The molecule has 22 heavy (non-hydrogen) atoms. The zero-order chi connectivity index (χ0) is 15.5. The Kier molecular flexibility index (Phi) is 3.74. The van der Waals surface area contributed by atoms with Crippen LogP contribution in [0.2, 0.25) is 0 Å². The van der Waals surface area contributed by atoms with Gasteiger partial charge in [0.05, 0.1) is 7.11 Å². The number of ether oxygens (including phenoxy) is 1. The molecule has 0 bridgehead atoms. The van der Waals surface area contributed by atoms with Gasteiger partial charge in [0.15, 0.2) is 0 Å². The van der Waals surface area contributed by atoms with Crippen molar-refractivity contribution in [3.05, 3.63) is 65.9 Å². The largest absolute Gasteiger partial charge is 0.494 e. The first-order valence-electron chi connectivity index (χ1n) is 6.99. The smallest absolute Gasteiger partial charge is 0.256 e. The quantitative estimate of drug-likeness (QED) is 0.798. The maximum atomic E-state index is 12.6. The number of hydrogen-bond donors (Lipinski definition) is 1. The normalized spacial score (nSPS) is 10.5. The number of aryl methyl sites for hydroxylation is 1. The van der Waals surface area contributed by atoms with E-state index in [4.69, 9.17) is 4.74 Å². The summed E-state index contributed by atoms with van der Waals surface area (Å²) in [6.07, 6.45) is 1.69. The average molecular weight is 292 g/mol. The number of anilines is 1. The van der Waals surface area contributed by atoms with Crippen LogP contribution in [0.4, 0.5) is 5.69 Å². The molecule has 110 valence electrons. The molecular weight excluding hydrogens is 276 g/mol. The molecule has 1 amide bonds. The third-order valence-electron chi connectivity index (χ3n) is 3.59. The summed E-state index contributed by atoms with van der Waals surface area (Å²) < 4.78 is 5.31. The number of rotatable bonds is 3. The summed E-state index contributed by atoms with van der Waals surface area (Å²) in [5, 5.41) is 3.72. The highest BCUT2D eigenvalue weighted by Gasteiger charge is 2.14. The molecule has 0 unspecified atom stereocenters. The van der Waals surface area contributed by atoms with E-state index in [1.165, 1.54) is 0 Å². The monoisotopic (exact) mass is 292 g/mol. The van der Waals surface area contributed by atoms with Gasteiger partial charge in [0.2, 0.25) is 0 Å². The van der Waals surface area contributed by atoms with Gasteiger partial charge in [0.1, 0.15) is 11.3 Å². The Labute approximate surface area is 128 Å². The average Bonchev–Trinajstić information content (AvgIpc) is 2.56. The van der Waals surface area contributed by atoms with Gasteiger partial charge in [-0.25, -0.2) is 0 Å². The van der Waals surface area contributed by atoms with Crippen molar-refractivity contribution in [1.29, 1.82) is 0 Å². The lowest BCUT2D eigenvalue weighted by atomic mass is 10.1. The van der Waals surface area contributed by atoms with Crippen LogP contribution in [-0.2, 0) is 0 Å². The Morgan fingerprint density at radius 1 is 1.09 bits per heavy atom. The minimum Gasteiger partial charge on any atom is -0.494 e. The van der Waals surface area contributed by atoms with Gasteiger partial charge >= 0.3 is 0 Å². The second-order valence-corrected chi connectivity index (χ2v) is 4.98. The van der Waals surface area contributed by atoms with E-state index >= 15 is 0 Å². The number of para-hydroxylation sites is 1. The molecule has 4 nitrogen and oxygen atoms in total. The van der Waals surface area contributed by atoms with E-state index in [0.29, 0.717) is 16.8 Å². The van der Waals surface area contributed by atoms with Crippen LogP contribution in [0.1, 0.15) is 15.9 Å². The highest BCUT2D eigenvalue weighted by atomic mass is 16.5. The molecule has 1 heterocycles. The fraction of sp³-hybridized carbons (Fsp3) is 0.111. The minimum absolute atomic E-state index is 0.157. The summed E-state index contributed by atoms with van der Waals surface area (Å²) in [5.41, 5.74) is 3.08. The molecule has 0 aliphatic carbocycles. The van der Waals surface area contributed by atoms with E-state index in [-0.39, 0.29) is 5.91 Å². The fourth-order valence-electron chi connectivity index (χ4n) is 2.41. The first-order valence-corrected chi connectivity index (χ1v) is 6.99. The number of pyridine rings is 1. The molecule has 4 heteroatoms. The van der Waals surface area contributed by atoms with Crippen LogP contribution in [0.3, 0.4) is 0 Å². The topological polar surface area (TPSA) is 51.2 Å². The lowest BCUT2D eigenvalue weighted by molar-refractivity contribution is 0.102. The van der Waals surface area contributed by atoms with Crippen molar-refractivity contribution in [3.8, 4) is 5.75 Å². The summed E-state index contributed by atoms with van der Waals surface area (Å²) in [6.45, 7) is 1.96. The SMILES string of the molecule is COc1ccc(C(=O)Nc2ccccc2C)c2cccnc12. The third-order valence-corrected chi connectivity index (χ3v) is 3.59. The number of fused-ring (bicyclic) bond motifs is 1. The van der Waals surface area contributed by atoms with Crippen LogP contribution in [0.15, 0.2) is 54.7 Å². The van der Waals surface area contributed by atoms with Crippen LogP contribution < -0.4 is 10.1 Å². The summed E-state index contributed by atoms with van der Waals surface area (Å²) in [6, 6.07) is 14.9. The summed E-state index contributed by atoms with van der Waals surface area (Å²) in [4.78, 5) is 16.9. The van der Waals surface area contributed by atoms with Gasteiger partial charge < -0.3 is 10.1 Å². The van der Waals surface area contributed by atoms with Gasteiger partial charge in [0, 0.05) is 22.8 Å². The highest BCUT2D eigenvalue weighted by molar-refractivity contribution is 6.13. The van der Waals surface area contributed by atoms with Crippen molar-refractivity contribution in [3.63, 3.8) is 0 Å². The molecule has 0 aliphatic rings. The van der Waals surface area contributed by atoms with Gasteiger partial charge in [-0.05, 0) is 36.8 Å². The number of methoxy groups -OCH3 is 1. The Morgan fingerprint density at radius 2 is 1.91 bits per heavy atom. The highest BCUT2D eigenvalue weighted by Crippen LogP contribution is 2.27. The van der Waals surface area contributed by atoms with Crippen LogP contribution in [0, 0.1) is 6.92 Å². The predicted molar refractivity (Wildman–Crippen MR) is 87.4 cm³/mol. The molecule has 0 spiro atoms. The molecule has 0 fully saturated rings. The van der Waals surface area contributed by atoms with E-state index in [1.54, 1.807) is 25.4 Å². The number of amides is 1. The van der Waals surface area contributed by atoms with Crippen LogP contribution in [-0.4, -0.2) is 18.0 Å². The van der Waals surface area contributed by atoms with Crippen molar-refractivity contribution in [2.75, 3.05) is 12.4 Å². The molecule has 1 N–H and O–H groups in total. The third kappa shape index (κ3) is 2.51. The first kappa shape index (κ1) is 14.1. The molecule has 2 aromatic carbocycles. The molecule has 1 aromatic heterocycles. The van der Waals surface area contributed by atoms with Gasteiger partial charge in [-0.1, -0.05) is 24.3 Å². The number of carbonyl (C=O) groups excluding carboxylic acids is 1. The second-order valence-electron chi connectivity index (χ2n) is 4.98. The van der Waals surface area contributed by atoms with E-state index in [1.807, 2.05) is 43.3 Å². The van der Waals surface area contributed by atoms with E-state index in [0.717, 1.165) is 16.6 Å². The van der Waals surface area contributed by atoms with Crippen molar-refractivity contribution < 1.29 is 9.53 Å². The van der Waals surface area contributed by atoms with Crippen molar-refractivity contribution in [2.24, 2.45) is 0 Å². The number of benzene rings is 2. The summed E-state index contributed by atoms with van der Waals surface area (Å²) in [5.74, 6) is 0.498. The van der Waals surface area contributed by atoms with Gasteiger partial charge in [-0.15, -0.1) is 0 Å². The van der Waals surface area contributed by atoms with E-state index < -0.39 is 0 Å². The molecule has 0 radical (unpaired) electrons. The number of hydrogen-bond acceptors (Lipinski definition) is 3. The molecule has 0 saturated heterocycles. The summed E-state index contributed by atoms with van der Waals surface area (Å²) in [7, 11) is 1.59. The molecule has 0 aliphatic heterocycles. The van der Waals surface area contributed by atoms with Crippen molar-refractivity contribution in [2.45, 2.75) is 6.92 Å². The Morgan fingerprint density at radius 3 is 2.68 bits per heavy atom. The van der Waals surface area contributed by atoms with E-state index in [9.17, 15) is 4.79 Å².